The first kappa shape index (κ1) is 25.4. The van der Waals surface area contributed by atoms with E-state index in [-0.39, 0.29) is 24.4 Å². The summed E-state index contributed by atoms with van der Waals surface area (Å²) in [5.41, 5.74) is 0.791. The normalized spacial score (nSPS) is 19.8. The lowest BCUT2D eigenvalue weighted by atomic mass is 9.96. The number of anilines is 1. The van der Waals surface area contributed by atoms with Crippen molar-refractivity contribution in [3.8, 4) is 11.5 Å². The van der Waals surface area contributed by atoms with E-state index >= 15 is 0 Å². The van der Waals surface area contributed by atoms with Gasteiger partial charge >= 0.3 is 0 Å². The van der Waals surface area contributed by atoms with Gasteiger partial charge in [0.1, 0.15) is 11.5 Å². The number of amides is 1. The molecule has 2 aromatic rings. The Kier molecular flexibility index (Phi) is 9.95. The van der Waals surface area contributed by atoms with E-state index < -0.39 is 0 Å². The van der Waals surface area contributed by atoms with Crippen LogP contribution in [0.25, 0.3) is 0 Å². The third-order valence-electron chi connectivity index (χ3n) is 5.96. The summed E-state index contributed by atoms with van der Waals surface area (Å²) in [6.07, 6.45) is 7.89. The van der Waals surface area contributed by atoms with Crippen molar-refractivity contribution >= 4 is 40.9 Å². The molecular formula is C26H34ClN3O2S. The van der Waals surface area contributed by atoms with Crippen molar-refractivity contribution in [3.05, 3.63) is 54.6 Å². The molecule has 4 rings (SSSR count). The Balaban J connectivity index is 0.00000306. The zero-order valence-electron chi connectivity index (χ0n) is 19.2. The molecule has 1 saturated carbocycles. The van der Waals surface area contributed by atoms with E-state index in [1.165, 1.54) is 32.1 Å². The zero-order chi connectivity index (χ0) is 22.2. The van der Waals surface area contributed by atoms with Crippen LogP contribution in [-0.4, -0.2) is 40.4 Å². The van der Waals surface area contributed by atoms with Crippen LogP contribution in [0.15, 0.2) is 59.6 Å². The molecule has 178 valence electrons. The molecule has 0 spiro atoms. The van der Waals surface area contributed by atoms with E-state index in [1.54, 1.807) is 0 Å². The second-order valence-corrected chi connectivity index (χ2v) is 9.54. The Morgan fingerprint density at radius 2 is 1.76 bits per heavy atom. The molecule has 2 aromatic carbocycles. The summed E-state index contributed by atoms with van der Waals surface area (Å²) >= 11 is 1.82. The Labute approximate surface area is 207 Å². The average Bonchev–Trinajstić information content (AvgIpc) is 3.17. The molecule has 1 aliphatic heterocycles. The number of para-hydroxylation sites is 1. The minimum Gasteiger partial charge on any atom is -0.457 e. The maximum Gasteiger partial charge on any atom is 0.226 e. The highest BCUT2D eigenvalue weighted by molar-refractivity contribution is 8.14. The van der Waals surface area contributed by atoms with Gasteiger partial charge in [-0.15, -0.1) is 12.4 Å². The first-order valence-corrected chi connectivity index (χ1v) is 12.8. The number of benzene rings is 2. The number of nitrogens with zero attached hydrogens (tertiary/aromatic N) is 2. The Bertz CT molecular complexity index is 902. The Hall–Kier alpha value is -2.18. The van der Waals surface area contributed by atoms with Crippen molar-refractivity contribution in [1.29, 1.82) is 0 Å². The van der Waals surface area contributed by atoms with Crippen molar-refractivity contribution in [2.24, 2.45) is 4.99 Å². The van der Waals surface area contributed by atoms with Crippen molar-refractivity contribution in [2.45, 2.75) is 64.0 Å². The zero-order valence-corrected chi connectivity index (χ0v) is 20.9. The molecule has 0 bridgehead atoms. The number of rotatable bonds is 8. The molecule has 1 heterocycles. The summed E-state index contributed by atoms with van der Waals surface area (Å²) in [5.74, 6) is 2.53. The highest BCUT2D eigenvalue weighted by Gasteiger charge is 2.32. The number of halogens is 1. The molecular weight excluding hydrogens is 454 g/mol. The van der Waals surface area contributed by atoms with Crippen molar-refractivity contribution in [1.82, 2.24) is 4.90 Å². The molecule has 5 nitrogen and oxygen atoms in total. The van der Waals surface area contributed by atoms with E-state index in [0.29, 0.717) is 12.5 Å². The molecule has 1 saturated heterocycles. The van der Waals surface area contributed by atoms with Gasteiger partial charge in [0.25, 0.3) is 0 Å². The molecule has 7 heteroatoms. The first-order valence-electron chi connectivity index (χ1n) is 11.8. The van der Waals surface area contributed by atoms with Crippen LogP contribution in [0.5, 0.6) is 11.5 Å². The summed E-state index contributed by atoms with van der Waals surface area (Å²) in [4.78, 5) is 20.2. The van der Waals surface area contributed by atoms with Gasteiger partial charge in [0.2, 0.25) is 5.91 Å². The highest BCUT2D eigenvalue weighted by atomic mass is 35.5. The second-order valence-electron chi connectivity index (χ2n) is 8.55. The average molecular weight is 488 g/mol. The number of ether oxygens (including phenoxy) is 1. The van der Waals surface area contributed by atoms with E-state index in [4.69, 9.17) is 9.73 Å². The molecule has 0 aromatic heterocycles. The van der Waals surface area contributed by atoms with Gasteiger partial charge in [0.15, 0.2) is 5.17 Å². The number of hydrogen-bond donors (Lipinski definition) is 1. The van der Waals surface area contributed by atoms with Crippen LogP contribution in [-0.2, 0) is 4.79 Å². The third-order valence-corrected chi connectivity index (χ3v) is 7.11. The SMILES string of the molecule is CCCN1/C(=N/C2CCCCC2)SCC1CC(=O)Nc1ccc(Oc2ccccc2)cc1.Cl. The lowest BCUT2D eigenvalue weighted by Crippen LogP contribution is -2.37. The van der Waals surface area contributed by atoms with Gasteiger partial charge in [-0.05, 0) is 55.7 Å². The number of carbonyl (C=O) groups is 1. The number of carbonyl (C=O) groups excluding carboxylic acids is 1. The van der Waals surface area contributed by atoms with E-state index in [0.717, 1.165) is 41.1 Å². The molecule has 33 heavy (non-hydrogen) atoms. The van der Waals surface area contributed by atoms with Gasteiger partial charge in [-0.2, -0.15) is 0 Å². The minimum atomic E-state index is 0. The van der Waals surface area contributed by atoms with Crippen molar-refractivity contribution < 1.29 is 9.53 Å². The van der Waals surface area contributed by atoms with E-state index in [2.05, 4.69) is 17.1 Å². The summed E-state index contributed by atoms with van der Waals surface area (Å²) in [7, 11) is 0. The Morgan fingerprint density at radius 3 is 2.45 bits per heavy atom. The molecule has 1 amide bonds. The fraction of sp³-hybridized carbons (Fsp3) is 0.462. The Morgan fingerprint density at radius 1 is 1.06 bits per heavy atom. The molecule has 2 fully saturated rings. The third kappa shape index (κ3) is 7.41. The maximum atomic E-state index is 12.8. The summed E-state index contributed by atoms with van der Waals surface area (Å²) in [5, 5.41) is 4.20. The topological polar surface area (TPSA) is 53.9 Å². The molecule has 2 aliphatic rings. The number of amidine groups is 1. The summed E-state index contributed by atoms with van der Waals surface area (Å²) in [6, 6.07) is 17.9. The van der Waals surface area contributed by atoms with E-state index in [1.807, 2.05) is 66.4 Å². The van der Waals surface area contributed by atoms with Crippen molar-refractivity contribution in [2.75, 3.05) is 17.6 Å². The van der Waals surface area contributed by atoms with Crippen LogP contribution in [0.3, 0.4) is 0 Å². The molecule has 1 atom stereocenters. The maximum absolute atomic E-state index is 12.8. The fourth-order valence-electron chi connectivity index (χ4n) is 4.32. The van der Waals surface area contributed by atoms with Crippen LogP contribution in [0.2, 0.25) is 0 Å². The number of thioether (sulfide) groups is 1. The van der Waals surface area contributed by atoms with Crippen LogP contribution in [0.4, 0.5) is 5.69 Å². The quantitative estimate of drug-likeness (QED) is 0.447. The largest absolute Gasteiger partial charge is 0.457 e. The highest BCUT2D eigenvalue weighted by Crippen LogP contribution is 2.30. The lowest BCUT2D eigenvalue weighted by molar-refractivity contribution is -0.116. The predicted molar refractivity (Wildman–Crippen MR) is 141 cm³/mol. The predicted octanol–water partition coefficient (Wildman–Crippen LogP) is 6.75. The molecule has 0 radical (unpaired) electrons. The van der Waals surface area contributed by atoms with Gasteiger partial charge in [-0.3, -0.25) is 9.79 Å². The fourth-order valence-corrected chi connectivity index (χ4v) is 5.59. The van der Waals surface area contributed by atoms with Gasteiger partial charge < -0.3 is 15.0 Å². The van der Waals surface area contributed by atoms with Gasteiger partial charge in [-0.1, -0.05) is 56.1 Å². The second kappa shape index (κ2) is 12.9. The standard InChI is InChI=1S/C26H33N3O2S.ClH/c1-2-17-29-22(19-32-26(29)28-20-9-5-3-6-10-20)18-25(30)27-21-13-15-24(16-14-21)31-23-11-7-4-8-12-23;/h4,7-8,11-16,20,22H,2-3,5-6,9-10,17-19H2,1H3,(H,27,30);1H/b28-26-;. The molecule has 1 aliphatic carbocycles. The lowest BCUT2D eigenvalue weighted by Gasteiger charge is -2.27. The molecule has 1 unspecified atom stereocenters. The van der Waals surface area contributed by atoms with Crippen LogP contribution < -0.4 is 10.1 Å². The van der Waals surface area contributed by atoms with Crippen LogP contribution >= 0.6 is 24.2 Å². The number of hydrogen-bond acceptors (Lipinski definition) is 4. The summed E-state index contributed by atoms with van der Waals surface area (Å²) in [6.45, 7) is 3.15. The van der Waals surface area contributed by atoms with Gasteiger partial charge in [0.05, 0.1) is 6.04 Å². The van der Waals surface area contributed by atoms with Crippen LogP contribution in [0, 0.1) is 0 Å². The monoisotopic (exact) mass is 487 g/mol. The minimum absolute atomic E-state index is 0. The van der Waals surface area contributed by atoms with Gasteiger partial charge in [-0.25, -0.2) is 0 Å². The smallest absolute Gasteiger partial charge is 0.226 e. The van der Waals surface area contributed by atoms with Crippen molar-refractivity contribution in [3.63, 3.8) is 0 Å². The molecule has 1 N–H and O–H groups in total. The number of nitrogens with one attached hydrogen (secondary N) is 1. The summed E-state index contributed by atoms with van der Waals surface area (Å²) < 4.78 is 5.83. The van der Waals surface area contributed by atoms with Gasteiger partial charge in [0, 0.05) is 30.4 Å². The van der Waals surface area contributed by atoms with Crippen LogP contribution in [0.1, 0.15) is 51.9 Å². The first-order chi connectivity index (χ1) is 15.7. The van der Waals surface area contributed by atoms with E-state index in [9.17, 15) is 4.79 Å². The number of aliphatic imine (C=N–C) groups is 1.